The molecule has 1 aromatic carbocycles. The second kappa shape index (κ2) is 3.18. The van der Waals surface area contributed by atoms with Crippen LogP contribution in [0.4, 0.5) is 0 Å². The molecule has 0 unspecified atom stereocenters. The SMILES string of the molecule is Cc1oc2ccccc2c1CC(=O)O. The molecule has 0 saturated carbocycles. The summed E-state index contributed by atoms with van der Waals surface area (Å²) >= 11 is 0. The van der Waals surface area contributed by atoms with Crippen molar-refractivity contribution in [2.45, 2.75) is 13.3 Å². The van der Waals surface area contributed by atoms with Gasteiger partial charge in [0.25, 0.3) is 0 Å². The van der Waals surface area contributed by atoms with Crippen LogP contribution in [0.1, 0.15) is 11.3 Å². The van der Waals surface area contributed by atoms with Crippen LogP contribution in [0.25, 0.3) is 11.0 Å². The molecule has 0 spiro atoms. The van der Waals surface area contributed by atoms with E-state index in [2.05, 4.69) is 0 Å². The number of furan rings is 1. The van der Waals surface area contributed by atoms with Gasteiger partial charge in [-0.3, -0.25) is 4.79 Å². The van der Waals surface area contributed by atoms with Crippen molar-refractivity contribution in [3.63, 3.8) is 0 Å². The molecule has 0 aliphatic rings. The molecular formula is C11H10O3. The first kappa shape index (κ1) is 8.81. The molecule has 3 nitrogen and oxygen atoms in total. The molecule has 0 amide bonds. The first-order valence-corrected chi connectivity index (χ1v) is 4.37. The molecule has 72 valence electrons. The predicted octanol–water partition coefficient (Wildman–Crippen LogP) is 2.37. The largest absolute Gasteiger partial charge is 0.481 e. The Kier molecular flexibility index (Phi) is 2.00. The number of fused-ring (bicyclic) bond motifs is 1. The summed E-state index contributed by atoms with van der Waals surface area (Å²) in [5.41, 5.74) is 1.52. The van der Waals surface area contributed by atoms with Crippen molar-refractivity contribution in [2.75, 3.05) is 0 Å². The summed E-state index contributed by atoms with van der Waals surface area (Å²) in [5.74, 6) is -0.145. The molecule has 0 atom stereocenters. The molecule has 0 radical (unpaired) electrons. The van der Waals surface area contributed by atoms with Crippen molar-refractivity contribution in [2.24, 2.45) is 0 Å². The average Bonchev–Trinajstić information content (AvgIpc) is 2.43. The third kappa shape index (κ3) is 1.37. The number of carbonyl (C=O) groups is 1. The second-order valence-corrected chi connectivity index (χ2v) is 3.20. The average molecular weight is 190 g/mol. The highest BCUT2D eigenvalue weighted by Crippen LogP contribution is 2.25. The summed E-state index contributed by atoms with van der Waals surface area (Å²) in [6.45, 7) is 1.79. The van der Waals surface area contributed by atoms with Crippen LogP contribution in [-0.4, -0.2) is 11.1 Å². The van der Waals surface area contributed by atoms with Crippen molar-refractivity contribution in [3.8, 4) is 0 Å². The minimum absolute atomic E-state index is 0.0167. The molecular weight excluding hydrogens is 180 g/mol. The van der Waals surface area contributed by atoms with Gasteiger partial charge in [0.2, 0.25) is 0 Å². The summed E-state index contributed by atoms with van der Waals surface area (Å²) in [6, 6.07) is 7.47. The van der Waals surface area contributed by atoms with Gasteiger partial charge in [-0.05, 0) is 13.0 Å². The van der Waals surface area contributed by atoms with E-state index < -0.39 is 5.97 Å². The Balaban J connectivity index is 2.62. The number of para-hydroxylation sites is 1. The van der Waals surface area contributed by atoms with Crippen molar-refractivity contribution in [3.05, 3.63) is 35.6 Å². The highest BCUT2D eigenvalue weighted by atomic mass is 16.4. The fraction of sp³-hybridized carbons (Fsp3) is 0.182. The topological polar surface area (TPSA) is 50.4 Å². The van der Waals surface area contributed by atoms with Gasteiger partial charge in [0.1, 0.15) is 11.3 Å². The maximum atomic E-state index is 10.6. The summed E-state index contributed by atoms with van der Waals surface area (Å²) in [5, 5.41) is 9.62. The number of carboxylic acid groups (broad SMARTS) is 1. The van der Waals surface area contributed by atoms with Crippen LogP contribution in [0.15, 0.2) is 28.7 Å². The minimum atomic E-state index is -0.834. The Morgan fingerprint density at radius 2 is 2.14 bits per heavy atom. The molecule has 2 rings (SSSR count). The zero-order chi connectivity index (χ0) is 10.1. The normalized spacial score (nSPS) is 10.6. The van der Waals surface area contributed by atoms with E-state index in [-0.39, 0.29) is 6.42 Å². The number of carboxylic acids is 1. The zero-order valence-electron chi connectivity index (χ0n) is 7.78. The summed E-state index contributed by atoms with van der Waals surface area (Å²) in [7, 11) is 0. The van der Waals surface area contributed by atoms with E-state index in [1.165, 1.54) is 0 Å². The second-order valence-electron chi connectivity index (χ2n) is 3.20. The van der Waals surface area contributed by atoms with Gasteiger partial charge in [-0.15, -0.1) is 0 Å². The van der Waals surface area contributed by atoms with E-state index >= 15 is 0 Å². The maximum Gasteiger partial charge on any atom is 0.307 e. The van der Waals surface area contributed by atoms with Gasteiger partial charge >= 0.3 is 5.97 Å². The van der Waals surface area contributed by atoms with Crippen LogP contribution in [0.3, 0.4) is 0 Å². The molecule has 0 fully saturated rings. The molecule has 1 N–H and O–H groups in total. The van der Waals surface area contributed by atoms with Crippen LogP contribution >= 0.6 is 0 Å². The Morgan fingerprint density at radius 1 is 1.43 bits per heavy atom. The van der Waals surface area contributed by atoms with Gasteiger partial charge < -0.3 is 9.52 Å². The monoisotopic (exact) mass is 190 g/mol. The lowest BCUT2D eigenvalue weighted by Gasteiger charge is -1.93. The fourth-order valence-electron chi connectivity index (χ4n) is 1.59. The van der Waals surface area contributed by atoms with Gasteiger partial charge in [0.05, 0.1) is 6.42 Å². The Morgan fingerprint density at radius 3 is 2.86 bits per heavy atom. The molecule has 0 aliphatic carbocycles. The number of hydrogen-bond acceptors (Lipinski definition) is 2. The molecule has 1 aromatic heterocycles. The molecule has 3 heteroatoms. The molecule has 2 aromatic rings. The van der Waals surface area contributed by atoms with E-state index in [4.69, 9.17) is 9.52 Å². The third-order valence-corrected chi connectivity index (χ3v) is 2.23. The van der Waals surface area contributed by atoms with Crippen molar-refractivity contribution < 1.29 is 14.3 Å². The number of benzene rings is 1. The Bertz CT molecular complexity index is 482. The van der Waals surface area contributed by atoms with E-state index in [0.29, 0.717) is 5.76 Å². The molecule has 0 bridgehead atoms. The number of rotatable bonds is 2. The lowest BCUT2D eigenvalue weighted by molar-refractivity contribution is -0.136. The van der Waals surface area contributed by atoms with Gasteiger partial charge in [0, 0.05) is 10.9 Å². The highest BCUT2D eigenvalue weighted by molar-refractivity contribution is 5.86. The third-order valence-electron chi connectivity index (χ3n) is 2.23. The molecule has 0 aliphatic heterocycles. The molecule has 0 saturated heterocycles. The number of aliphatic carboxylic acids is 1. The van der Waals surface area contributed by atoms with Gasteiger partial charge in [-0.25, -0.2) is 0 Å². The molecule has 14 heavy (non-hydrogen) atoms. The quantitative estimate of drug-likeness (QED) is 0.790. The summed E-state index contributed by atoms with van der Waals surface area (Å²) < 4.78 is 5.44. The van der Waals surface area contributed by atoms with E-state index in [0.717, 1.165) is 16.5 Å². The van der Waals surface area contributed by atoms with Gasteiger partial charge in [-0.1, -0.05) is 18.2 Å². The van der Waals surface area contributed by atoms with Crippen LogP contribution in [0, 0.1) is 6.92 Å². The van der Waals surface area contributed by atoms with E-state index in [1.807, 2.05) is 24.3 Å². The zero-order valence-corrected chi connectivity index (χ0v) is 7.78. The number of hydrogen-bond donors (Lipinski definition) is 1. The Hall–Kier alpha value is -1.77. The summed E-state index contributed by atoms with van der Waals surface area (Å²) in [6.07, 6.45) is 0.0167. The van der Waals surface area contributed by atoms with Crippen LogP contribution < -0.4 is 0 Å². The fourth-order valence-corrected chi connectivity index (χ4v) is 1.59. The lowest BCUT2D eigenvalue weighted by atomic mass is 10.1. The van der Waals surface area contributed by atoms with E-state index in [1.54, 1.807) is 6.92 Å². The van der Waals surface area contributed by atoms with Crippen molar-refractivity contribution >= 4 is 16.9 Å². The molecule has 1 heterocycles. The van der Waals surface area contributed by atoms with Crippen LogP contribution in [-0.2, 0) is 11.2 Å². The first-order valence-electron chi connectivity index (χ1n) is 4.37. The standard InChI is InChI=1S/C11H10O3/c1-7-9(6-11(12)13)8-4-2-3-5-10(8)14-7/h2-5H,6H2,1H3,(H,12,13). The van der Waals surface area contributed by atoms with Crippen LogP contribution in [0.5, 0.6) is 0 Å². The summed E-state index contributed by atoms with van der Waals surface area (Å²) in [4.78, 5) is 10.6. The van der Waals surface area contributed by atoms with E-state index in [9.17, 15) is 4.79 Å². The lowest BCUT2D eigenvalue weighted by Crippen LogP contribution is -2.00. The van der Waals surface area contributed by atoms with Gasteiger partial charge in [-0.2, -0.15) is 0 Å². The Labute approximate surface area is 81.0 Å². The van der Waals surface area contributed by atoms with Crippen molar-refractivity contribution in [1.82, 2.24) is 0 Å². The highest BCUT2D eigenvalue weighted by Gasteiger charge is 2.12. The first-order chi connectivity index (χ1) is 6.68. The predicted molar refractivity (Wildman–Crippen MR) is 52.3 cm³/mol. The minimum Gasteiger partial charge on any atom is -0.481 e. The number of aryl methyl sites for hydroxylation is 1. The maximum absolute atomic E-state index is 10.6. The van der Waals surface area contributed by atoms with Crippen molar-refractivity contribution in [1.29, 1.82) is 0 Å². The van der Waals surface area contributed by atoms with Crippen LogP contribution in [0.2, 0.25) is 0 Å². The van der Waals surface area contributed by atoms with Gasteiger partial charge in [0.15, 0.2) is 0 Å². The smallest absolute Gasteiger partial charge is 0.307 e.